The van der Waals surface area contributed by atoms with Crippen molar-refractivity contribution >= 4 is 11.8 Å². The summed E-state index contributed by atoms with van der Waals surface area (Å²) in [5, 5.41) is 10.1. The zero-order valence-electron chi connectivity index (χ0n) is 16.2. The van der Waals surface area contributed by atoms with E-state index < -0.39 is 6.04 Å². The minimum atomic E-state index is -0.590. The molecule has 0 aliphatic heterocycles. The maximum atomic E-state index is 12.6. The van der Waals surface area contributed by atoms with Gasteiger partial charge in [-0.2, -0.15) is 5.10 Å². The minimum Gasteiger partial charge on any atom is -0.354 e. The number of amides is 2. The molecule has 0 fully saturated rings. The van der Waals surface area contributed by atoms with Crippen LogP contribution in [0.3, 0.4) is 0 Å². The van der Waals surface area contributed by atoms with Gasteiger partial charge in [-0.3, -0.25) is 14.3 Å². The summed E-state index contributed by atoms with van der Waals surface area (Å²) in [5.41, 5.74) is 4.32. The third-order valence-electron chi connectivity index (χ3n) is 4.35. The molecular formula is C20H28N4O2. The van der Waals surface area contributed by atoms with Crippen LogP contribution >= 0.6 is 0 Å². The molecule has 1 aromatic heterocycles. The molecule has 6 heteroatoms. The molecule has 0 aliphatic carbocycles. The van der Waals surface area contributed by atoms with E-state index in [0.29, 0.717) is 24.3 Å². The lowest BCUT2D eigenvalue weighted by atomic mass is 10.1. The molecule has 0 unspecified atom stereocenters. The van der Waals surface area contributed by atoms with Crippen LogP contribution in [-0.2, 0) is 11.3 Å². The lowest BCUT2D eigenvalue weighted by Crippen LogP contribution is -2.45. The minimum absolute atomic E-state index is 0.178. The number of rotatable bonds is 7. The van der Waals surface area contributed by atoms with Crippen LogP contribution in [0.5, 0.6) is 0 Å². The molecule has 1 atom stereocenters. The number of aromatic nitrogens is 2. The van der Waals surface area contributed by atoms with Gasteiger partial charge in [-0.1, -0.05) is 36.8 Å². The number of aryl methyl sites for hydroxylation is 2. The molecule has 1 heterocycles. The van der Waals surface area contributed by atoms with Crippen molar-refractivity contribution in [1.29, 1.82) is 0 Å². The van der Waals surface area contributed by atoms with Gasteiger partial charge in [0, 0.05) is 12.2 Å². The van der Waals surface area contributed by atoms with Gasteiger partial charge in [0.25, 0.3) is 5.91 Å². The van der Waals surface area contributed by atoms with Crippen molar-refractivity contribution in [3.8, 4) is 0 Å². The van der Waals surface area contributed by atoms with Gasteiger partial charge in [-0.25, -0.2) is 0 Å². The lowest BCUT2D eigenvalue weighted by molar-refractivity contribution is -0.122. The average Bonchev–Trinajstić information content (AvgIpc) is 2.88. The second-order valence-electron chi connectivity index (χ2n) is 6.68. The quantitative estimate of drug-likeness (QED) is 0.800. The van der Waals surface area contributed by atoms with Gasteiger partial charge < -0.3 is 10.6 Å². The van der Waals surface area contributed by atoms with Crippen LogP contribution in [-0.4, -0.2) is 34.2 Å². The lowest BCUT2D eigenvalue weighted by Gasteiger charge is -2.14. The molecule has 2 rings (SSSR count). The maximum Gasteiger partial charge on any atom is 0.255 e. The predicted octanol–water partition coefficient (Wildman–Crippen LogP) is 2.50. The fourth-order valence-electron chi connectivity index (χ4n) is 2.78. The van der Waals surface area contributed by atoms with Gasteiger partial charge in [-0.15, -0.1) is 0 Å². The normalized spacial score (nSPS) is 11.9. The first-order valence-electron chi connectivity index (χ1n) is 9.01. The Bertz CT molecular complexity index is 778. The van der Waals surface area contributed by atoms with Crippen molar-refractivity contribution in [3.63, 3.8) is 0 Å². The molecule has 140 valence electrons. The van der Waals surface area contributed by atoms with E-state index in [4.69, 9.17) is 0 Å². The fourth-order valence-corrected chi connectivity index (χ4v) is 2.78. The molecule has 0 radical (unpaired) electrons. The van der Waals surface area contributed by atoms with E-state index in [1.54, 1.807) is 6.92 Å². The van der Waals surface area contributed by atoms with E-state index in [1.165, 1.54) is 5.56 Å². The Morgan fingerprint density at radius 3 is 2.42 bits per heavy atom. The van der Waals surface area contributed by atoms with Gasteiger partial charge >= 0.3 is 0 Å². The van der Waals surface area contributed by atoms with Crippen molar-refractivity contribution < 1.29 is 9.59 Å². The van der Waals surface area contributed by atoms with Crippen LogP contribution in [0.1, 0.15) is 53.1 Å². The molecule has 6 nitrogen and oxygen atoms in total. The van der Waals surface area contributed by atoms with E-state index in [2.05, 4.69) is 40.0 Å². The third-order valence-corrected chi connectivity index (χ3v) is 4.35. The van der Waals surface area contributed by atoms with E-state index in [-0.39, 0.29) is 11.8 Å². The third kappa shape index (κ3) is 4.71. The molecule has 26 heavy (non-hydrogen) atoms. The fraction of sp³-hybridized carbons (Fsp3) is 0.450. The van der Waals surface area contributed by atoms with Crippen molar-refractivity contribution in [2.45, 2.75) is 53.6 Å². The summed E-state index contributed by atoms with van der Waals surface area (Å²) < 4.78 is 1.83. The standard InChI is InChI=1S/C20H28N4O2/c1-6-11-21-19(25)15(4)22-20(26)18-14(3)23-24(16(18)5)12-17-9-7-13(2)8-10-17/h7-10,15H,6,11-12H2,1-5H3,(H,21,25)(H,22,26)/t15-/m0/s1. The second kappa shape index (κ2) is 8.65. The second-order valence-corrected chi connectivity index (χ2v) is 6.68. The van der Waals surface area contributed by atoms with Crippen molar-refractivity contribution in [2.75, 3.05) is 6.54 Å². The summed E-state index contributed by atoms with van der Waals surface area (Å²) in [6.07, 6.45) is 0.858. The Kier molecular flexibility index (Phi) is 6.55. The van der Waals surface area contributed by atoms with E-state index in [9.17, 15) is 9.59 Å². The van der Waals surface area contributed by atoms with E-state index in [0.717, 1.165) is 17.7 Å². The highest BCUT2D eigenvalue weighted by Crippen LogP contribution is 2.15. The highest BCUT2D eigenvalue weighted by molar-refractivity contribution is 5.99. The maximum absolute atomic E-state index is 12.6. The first-order chi connectivity index (χ1) is 12.3. The molecular weight excluding hydrogens is 328 g/mol. The number of carbonyl (C=O) groups excluding carboxylic acids is 2. The molecule has 0 saturated heterocycles. The molecule has 2 aromatic rings. The molecule has 0 bridgehead atoms. The smallest absolute Gasteiger partial charge is 0.255 e. The predicted molar refractivity (Wildman–Crippen MR) is 102 cm³/mol. The van der Waals surface area contributed by atoms with Gasteiger partial charge in [0.2, 0.25) is 5.91 Å². The molecule has 2 amide bonds. The molecule has 0 aliphatic rings. The number of nitrogens with zero attached hydrogens (tertiary/aromatic N) is 2. The van der Waals surface area contributed by atoms with Crippen LogP contribution in [0.2, 0.25) is 0 Å². The molecule has 2 N–H and O–H groups in total. The average molecular weight is 356 g/mol. The molecule has 1 aromatic carbocycles. The SMILES string of the molecule is CCCNC(=O)[C@H](C)NC(=O)c1c(C)nn(Cc2ccc(C)cc2)c1C. The largest absolute Gasteiger partial charge is 0.354 e. The van der Waals surface area contributed by atoms with E-state index in [1.807, 2.05) is 32.4 Å². The van der Waals surface area contributed by atoms with Crippen LogP contribution in [0.4, 0.5) is 0 Å². The van der Waals surface area contributed by atoms with Crippen LogP contribution in [0, 0.1) is 20.8 Å². The summed E-state index contributed by atoms with van der Waals surface area (Å²) in [6, 6.07) is 7.65. The first kappa shape index (κ1) is 19.7. The van der Waals surface area contributed by atoms with Gasteiger partial charge in [-0.05, 0) is 39.7 Å². The summed E-state index contributed by atoms with van der Waals surface area (Å²) in [6.45, 7) is 10.6. The van der Waals surface area contributed by atoms with Crippen molar-refractivity contribution in [1.82, 2.24) is 20.4 Å². The highest BCUT2D eigenvalue weighted by Gasteiger charge is 2.22. The van der Waals surface area contributed by atoms with Gasteiger partial charge in [0.05, 0.1) is 17.8 Å². The zero-order chi connectivity index (χ0) is 19.3. The Balaban J connectivity index is 2.12. The Morgan fingerprint density at radius 1 is 1.15 bits per heavy atom. The van der Waals surface area contributed by atoms with Crippen molar-refractivity contribution in [3.05, 3.63) is 52.3 Å². The summed E-state index contributed by atoms with van der Waals surface area (Å²) in [4.78, 5) is 24.6. The summed E-state index contributed by atoms with van der Waals surface area (Å²) in [5.74, 6) is -0.447. The number of carbonyl (C=O) groups is 2. The molecule has 0 spiro atoms. The Morgan fingerprint density at radius 2 is 1.81 bits per heavy atom. The highest BCUT2D eigenvalue weighted by atomic mass is 16.2. The zero-order valence-corrected chi connectivity index (χ0v) is 16.2. The first-order valence-corrected chi connectivity index (χ1v) is 9.01. The van der Waals surface area contributed by atoms with Crippen molar-refractivity contribution in [2.24, 2.45) is 0 Å². The topological polar surface area (TPSA) is 76.0 Å². The number of hydrogen-bond donors (Lipinski definition) is 2. The van der Waals surface area contributed by atoms with Crippen LogP contribution in [0.25, 0.3) is 0 Å². The number of hydrogen-bond acceptors (Lipinski definition) is 3. The van der Waals surface area contributed by atoms with Gasteiger partial charge in [0.15, 0.2) is 0 Å². The monoisotopic (exact) mass is 356 g/mol. The van der Waals surface area contributed by atoms with E-state index >= 15 is 0 Å². The Hall–Kier alpha value is -2.63. The molecule has 0 saturated carbocycles. The van der Waals surface area contributed by atoms with Crippen LogP contribution < -0.4 is 10.6 Å². The summed E-state index contributed by atoms with van der Waals surface area (Å²) >= 11 is 0. The summed E-state index contributed by atoms with van der Waals surface area (Å²) in [7, 11) is 0. The van der Waals surface area contributed by atoms with Crippen LogP contribution in [0.15, 0.2) is 24.3 Å². The van der Waals surface area contributed by atoms with Gasteiger partial charge in [0.1, 0.15) is 6.04 Å². The Labute approximate surface area is 155 Å². The number of benzene rings is 1. The number of nitrogens with one attached hydrogen (secondary N) is 2.